The second kappa shape index (κ2) is 7.52. The lowest BCUT2D eigenvalue weighted by Gasteiger charge is -2.10. The van der Waals surface area contributed by atoms with E-state index in [0.717, 1.165) is 10.6 Å². The number of nitrogens with one attached hydrogen (secondary N) is 2. The first-order valence-corrected chi connectivity index (χ1v) is 9.88. The van der Waals surface area contributed by atoms with Crippen LogP contribution in [0.1, 0.15) is 17.3 Å². The van der Waals surface area contributed by atoms with Crippen LogP contribution in [0.2, 0.25) is 0 Å². The molecule has 0 bridgehead atoms. The van der Waals surface area contributed by atoms with Gasteiger partial charge in [0.2, 0.25) is 10.0 Å². The van der Waals surface area contributed by atoms with E-state index in [9.17, 15) is 13.2 Å². The molecule has 2 aromatic rings. The smallest absolute Gasteiger partial charge is 0.255 e. The Morgan fingerprint density at radius 2 is 1.74 bits per heavy atom. The highest BCUT2D eigenvalue weighted by Gasteiger charge is 2.10. The Kier molecular flexibility index (Phi) is 5.68. The Morgan fingerprint density at radius 1 is 1.09 bits per heavy atom. The quantitative estimate of drug-likeness (QED) is 0.783. The summed E-state index contributed by atoms with van der Waals surface area (Å²) in [4.78, 5) is 13.3. The number of thioether (sulfide) groups is 1. The number of rotatable bonds is 6. The third kappa shape index (κ3) is 4.74. The van der Waals surface area contributed by atoms with Gasteiger partial charge in [0.15, 0.2) is 0 Å². The molecule has 0 atom stereocenters. The van der Waals surface area contributed by atoms with E-state index in [0.29, 0.717) is 11.3 Å². The average molecular weight is 350 g/mol. The Balaban J connectivity index is 2.11. The second-order valence-electron chi connectivity index (χ2n) is 4.74. The van der Waals surface area contributed by atoms with Crippen molar-refractivity contribution in [3.05, 3.63) is 54.1 Å². The molecule has 0 spiro atoms. The number of hydrogen-bond donors (Lipinski definition) is 2. The Hall–Kier alpha value is -1.99. The van der Waals surface area contributed by atoms with E-state index in [-0.39, 0.29) is 11.7 Å². The van der Waals surface area contributed by atoms with Gasteiger partial charge in [0.1, 0.15) is 0 Å². The van der Waals surface area contributed by atoms with Crippen molar-refractivity contribution in [2.24, 2.45) is 0 Å². The molecule has 0 heterocycles. The lowest BCUT2D eigenvalue weighted by molar-refractivity contribution is 0.102. The van der Waals surface area contributed by atoms with Crippen LogP contribution in [0.3, 0.4) is 0 Å². The highest BCUT2D eigenvalue weighted by Crippen LogP contribution is 2.25. The third-order valence-electron chi connectivity index (χ3n) is 3.16. The SMILES string of the molecule is CCS(=O)(=O)Nc1ccc(C(=O)Nc2ccccc2SC)cc1. The zero-order chi connectivity index (χ0) is 16.9. The molecule has 5 nitrogen and oxygen atoms in total. The maximum Gasteiger partial charge on any atom is 0.255 e. The third-order valence-corrected chi connectivity index (χ3v) is 5.26. The van der Waals surface area contributed by atoms with Gasteiger partial charge < -0.3 is 5.32 Å². The molecule has 7 heteroatoms. The predicted octanol–water partition coefficient (Wildman–Crippen LogP) is 3.42. The number of hydrogen-bond acceptors (Lipinski definition) is 4. The van der Waals surface area contributed by atoms with Crippen LogP contribution in [0.4, 0.5) is 11.4 Å². The summed E-state index contributed by atoms with van der Waals surface area (Å²) in [5.41, 5.74) is 1.65. The predicted molar refractivity (Wildman–Crippen MR) is 95.7 cm³/mol. The second-order valence-corrected chi connectivity index (χ2v) is 7.60. The van der Waals surface area contributed by atoms with Gasteiger partial charge in [0, 0.05) is 16.1 Å². The van der Waals surface area contributed by atoms with Crippen LogP contribution in [0.5, 0.6) is 0 Å². The van der Waals surface area contributed by atoms with Crippen molar-refractivity contribution in [1.29, 1.82) is 0 Å². The lowest BCUT2D eigenvalue weighted by Crippen LogP contribution is -2.15. The van der Waals surface area contributed by atoms with Gasteiger partial charge in [0.25, 0.3) is 5.91 Å². The van der Waals surface area contributed by atoms with Crippen molar-refractivity contribution < 1.29 is 13.2 Å². The molecule has 0 aliphatic carbocycles. The average Bonchev–Trinajstić information content (AvgIpc) is 2.55. The Labute approximate surface area is 140 Å². The summed E-state index contributed by atoms with van der Waals surface area (Å²) >= 11 is 1.55. The summed E-state index contributed by atoms with van der Waals surface area (Å²) < 4.78 is 25.5. The number of amides is 1. The van der Waals surface area contributed by atoms with Crippen LogP contribution < -0.4 is 10.0 Å². The summed E-state index contributed by atoms with van der Waals surface area (Å²) in [5, 5.41) is 2.86. The van der Waals surface area contributed by atoms with Gasteiger partial charge in [-0.15, -0.1) is 11.8 Å². The molecule has 0 aromatic heterocycles. The van der Waals surface area contributed by atoms with E-state index in [4.69, 9.17) is 0 Å². The van der Waals surface area contributed by atoms with Gasteiger partial charge in [0.05, 0.1) is 11.4 Å². The van der Waals surface area contributed by atoms with Crippen molar-refractivity contribution in [3.8, 4) is 0 Å². The van der Waals surface area contributed by atoms with Crippen molar-refractivity contribution in [2.45, 2.75) is 11.8 Å². The van der Waals surface area contributed by atoms with E-state index in [1.807, 2.05) is 30.5 Å². The molecule has 23 heavy (non-hydrogen) atoms. The maximum atomic E-state index is 12.3. The molecule has 1 amide bonds. The summed E-state index contributed by atoms with van der Waals surface area (Å²) in [6, 6.07) is 13.9. The van der Waals surface area contributed by atoms with Crippen molar-refractivity contribution >= 4 is 39.1 Å². The lowest BCUT2D eigenvalue weighted by atomic mass is 10.2. The first kappa shape index (κ1) is 17.4. The van der Waals surface area contributed by atoms with Crippen molar-refractivity contribution in [3.63, 3.8) is 0 Å². The Morgan fingerprint density at radius 3 is 2.35 bits per heavy atom. The van der Waals surface area contributed by atoms with E-state index in [1.54, 1.807) is 43.0 Å². The van der Waals surface area contributed by atoms with Crippen LogP contribution in [0.15, 0.2) is 53.4 Å². The molecule has 2 N–H and O–H groups in total. The molecule has 0 saturated carbocycles. The molecule has 0 aliphatic rings. The molecule has 0 aliphatic heterocycles. The normalized spacial score (nSPS) is 11.0. The molecule has 2 aromatic carbocycles. The molecular weight excluding hydrogens is 332 g/mol. The highest BCUT2D eigenvalue weighted by molar-refractivity contribution is 7.98. The maximum absolute atomic E-state index is 12.3. The zero-order valence-corrected chi connectivity index (χ0v) is 14.5. The molecule has 0 fully saturated rings. The van der Waals surface area contributed by atoms with Gasteiger partial charge in [-0.25, -0.2) is 8.42 Å². The molecule has 2 rings (SSSR count). The number of sulfonamides is 1. The Bertz CT molecular complexity index is 787. The topological polar surface area (TPSA) is 75.3 Å². The number of anilines is 2. The largest absolute Gasteiger partial charge is 0.321 e. The van der Waals surface area contributed by atoms with E-state index in [1.165, 1.54) is 0 Å². The van der Waals surface area contributed by atoms with E-state index >= 15 is 0 Å². The summed E-state index contributed by atoms with van der Waals surface area (Å²) in [6.45, 7) is 1.56. The first-order valence-electron chi connectivity index (χ1n) is 7.00. The monoisotopic (exact) mass is 350 g/mol. The standard InChI is InChI=1S/C16H18N2O3S2/c1-3-23(20,21)18-13-10-8-12(9-11-13)16(19)17-14-6-4-5-7-15(14)22-2/h4-11,18H,3H2,1-2H3,(H,17,19). The highest BCUT2D eigenvalue weighted by atomic mass is 32.2. The van der Waals surface area contributed by atoms with Gasteiger partial charge >= 0.3 is 0 Å². The fourth-order valence-corrected chi connectivity index (χ4v) is 3.08. The molecule has 122 valence electrons. The summed E-state index contributed by atoms with van der Waals surface area (Å²) in [7, 11) is -3.32. The van der Waals surface area contributed by atoms with Crippen molar-refractivity contribution in [1.82, 2.24) is 0 Å². The number of carbonyl (C=O) groups is 1. The number of para-hydroxylation sites is 1. The van der Waals surface area contributed by atoms with Gasteiger partial charge in [-0.05, 0) is 49.6 Å². The first-order chi connectivity index (χ1) is 10.9. The van der Waals surface area contributed by atoms with Crippen LogP contribution >= 0.6 is 11.8 Å². The summed E-state index contributed by atoms with van der Waals surface area (Å²) in [5.74, 6) is -0.239. The van der Waals surface area contributed by atoms with E-state index in [2.05, 4.69) is 10.0 Å². The van der Waals surface area contributed by atoms with Crippen LogP contribution in [-0.4, -0.2) is 26.3 Å². The van der Waals surface area contributed by atoms with E-state index < -0.39 is 10.0 Å². The fourth-order valence-electron chi connectivity index (χ4n) is 1.88. The van der Waals surface area contributed by atoms with Crippen LogP contribution in [0.25, 0.3) is 0 Å². The fraction of sp³-hybridized carbons (Fsp3) is 0.188. The minimum absolute atomic E-state index is 0.000700. The minimum Gasteiger partial charge on any atom is -0.321 e. The van der Waals surface area contributed by atoms with Gasteiger partial charge in [-0.2, -0.15) is 0 Å². The minimum atomic E-state index is -3.32. The molecular formula is C16H18N2O3S2. The molecule has 0 saturated heterocycles. The van der Waals surface area contributed by atoms with Crippen molar-refractivity contribution in [2.75, 3.05) is 22.0 Å². The van der Waals surface area contributed by atoms with Gasteiger partial charge in [-0.3, -0.25) is 9.52 Å². The zero-order valence-electron chi connectivity index (χ0n) is 12.9. The summed E-state index contributed by atoms with van der Waals surface area (Å²) in [6.07, 6.45) is 1.94. The van der Waals surface area contributed by atoms with Gasteiger partial charge in [-0.1, -0.05) is 12.1 Å². The van der Waals surface area contributed by atoms with Crippen LogP contribution in [0, 0.1) is 0 Å². The molecule has 0 unspecified atom stereocenters. The number of carbonyl (C=O) groups excluding carboxylic acids is 1. The van der Waals surface area contributed by atoms with Crippen LogP contribution in [-0.2, 0) is 10.0 Å². The molecule has 0 radical (unpaired) electrons. The number of benzene rings is 2.